The number of hydrogen-bond acceptors (Lipinski definition) is 6. The zero-order valence-corrected chi connectivity index (χ0v) is 19.8. The second kappa shape index (κ2) is 10.1. The molecule has 0 unspecified atom stereocenters. The third-order valence-electron chi connectivity index (χ3n) is 5.38. The smallest absolute Gasteiger partial charge is 0.364 e. The second-order valence-electron chi connectivity index (χ2n) is 7.56. The number of nitrogens with zero attached hydrogens (tertiary/aromatic N) is 2. The third kappa shape index (κ3) is 5.36. The zero-order valence-electron chi connectivity index (χ0n) is 17.4. The summed E-state index contributed by atoms with van der Waals surface area (Å²) in [5, 5.41) is 10.5. The summed E-state index contributed by atoms with van der Waals surface area (Å²) in [6, 6.07) is 11.0. The van der Waals surface area contributed by atoms with E-state index in [0.717, 1.165) is 63.0 Å². The number of methoxy groups -OCH3 is 1. The van der Waals surface area contributed by atoms with E-state index in [4.69, 9.17) is 26.4 Å². The van der Waals surface area contributed by atoms with Crippen molar-refractivity contribution in [2.75, 3.05) is 30.9 Å². The second-order valence-corrected chi connectivity index (χ2v) is 10.1. The molecule has 0 bridgehead atoms. The monoisotopic (exact) mass is 492 g/mol. The minimum atomic E-state index is -1.58. The molecule has 5 nitrogen and oxygen atoms in total. The molecule has 1 aromatic heterocycles. The molecule has 0 radical (unpaired) electrons. The maximum Gasteiger partial charge on any atom is 0.364 e. The summed E-state index contributed by atoms with van der Waals surface area (Å²) in [5.41, 5.74) is 1.44. The van der Waals surface area contributed by atoms with E-state index in [2.05, 4.69) is 4.90 Å². The van der Waals surface area contributed by atoms with Gasteiger partial charge in [0.25, 0.3) is 0 Å². The third-order valence-corrected chi connectivity index (χ3v) is 7.98. The molecule has 0 spiro atoms. The van der Waals surface area contributed by atoms with Gasteiger partial charge in [0.15, 0.2) is 5.13 Å². The quantitative estimate of drug-likeness (QED) is 0.306. The highest BCUT2D eigenvalue weighted by Gasteiger charge is 2.22. The molecule has 2 heterocycles. The van der Waals surface area contributed by atoms with Crippen molar-refractivity contribution < 1.29 is 19.0 Å². The van der Waals surface area contributed by atoms with E-state index in [1.54, 1.807) is 42.3 Å². The lowest BCUT2D eigenvalue weighted by Crippen LogP contribution is -2.34. The number of carbonyl (C=O) groups is 1. The van der Waals surface area contributed by atoms with E-state index in [1.807, 2.05) is 24.3 Å². The number of aliphatic carboxylic acids is 1. The first-order valence-electron chi connectivity index (χ1n) is 10.2. The van der Waals surface area contributed by atoms with Gasteiger partial charge < -0.3 is 14.7 Å². The van der Waals surface area contributed by atoms with Crippen LogP contribution in [-0.2, 0) is 4.79 Å². The predicted molar refractivity (Wildman–Crippen MR) is 130 cm³/mol. The number of hydrogen-bond donors (Lipinski definition) is 1. The molecule has 0 atom stereocenters. The highest BCUT2D eigenvalue weighted by Crippen LogP contribution is 2.36. The first kappa shape index (κ1) is 22.9. The minimum absolute atomic E-state index is 0.455. The Kier molecular flexibility index (Phi) is 7.23. The molecule has 1 N–H and O–H groups in total. The van der Waals surface area contributed by atoms with E-state index in [-0.39, 0.29) is 0 Å². The lowest BCUT2D eigenvalue weighted by atomic mass is 9.99. The summed E-state index contributed by atoms with van der Waals surface area (Å²) >= 11 is 9.49. The van der Waals surface area contributed by atoms with Crippen molar-refractivity contribution in [2.45, 2.75) is 17.7 Å². The van der Waals surface area contributed by atoms with Crippen LogP contribution in [0.2, 0.25) is 5.02 Å². The van der Waals surface area contributed by atoms with Gasteiger partial charge in [0.05, 0.1) is 17.3 Å². The van der Waals surface area contributed by atoms with Crippen molar-refractivity contribution in [2.24, 2.45) is 5.92 Å². The van der Waals surface area contributed by atoms with E-state index < -0.39 is 11.8 Å². The van der Waals surface area contributed by atoms with Gasteiger partial charge in [0.2, 0.25) is 5.83 Å². The average molecular weight is 493 g/mol. The van der Waals surface area contributed by atoms with Crippen LogP contribution < -0.4 is 9.64 Å². The van der Waals surface area contributed by atoms with Gasteiger partial charge >= 0.3 is 5.97 Å². The SMILES string of the molecule is COc1cc(C=C(F)C(=O)O)ccc1SCC1CCN(c2nc3ccc(Cl)cc3s2)CC1. The number of aromatic nitrogens is 1. The highest BCUT2D eigenvalue weighted by molar-refractivity contribution is 7.99. The summed E-state index contributed by atoms with van der Waals surface area (Å²) in [6.45, 7) is 1.93. The Hall–Kier alpha value is -2.29. The maximum absolute atomic E-state index is 13.4. The number of carboxylic acids is 1. The van der Waals surface area contributed by atoms with Crippen LogP contribution in [0.4, 0.5) is 9.52 Å². The number of fused-ring (bicyclic) bond motifs is 1. The van der Waals surface area contributed by atoms with E-state index in [0.29, 0.717) is 17.2 Å². The number of anilines is 1. The molecule has 2 aromatic carbocycles. The van der Waals surface area contributed by atoms with Crippen molar-refractivity contribution in [3.8, 4) is 5.75 Å². The predicted octanol–water partition coefficient (Wildman–Crippen LogP) is 6.36. The van der Waals surface area contributed by atoms with Crippen LogP contribution in [0, 0.1) is 5.92 Å². The molecule has 3 aromatic rings. The summed E-state index contributed by atoms with van der Waals surface area (Å²) < 4.78 is 19.9. The fraction of sp³-hybridized carbons (Fsp3) is 0.304. The van der Waals surface area contributed by atoms with Crippen LogP contribution in [0.25, 0.3) is 16.3 Å². The van der Waals surface area contributed by atoms with Crippen molar-refractivity contribution in [3.63, 3.8) is 0 Å². The van der Waals surface area contributed by atoms with E-state index in [9.17, 15) is 9.18 Å². The molecule has 1 aliphatic rings. The topological polar surface area (TPSA) is 62.7 Å². The van der Waals surface area contributed by atoms with Crippen LogP contribution in [0.1, 0.15) is 18.4 Å². The Morgan fingerprint density at radius 2 is 2.12 bits per heavy atom. The standard InChI is InChI=1S/C23H22ClFN2O3S2/c1-30-19-11-15(10-17(25)22(28)29)2-5-20(19)31-13-14-6-8-27(9-7-14)23-26-18-4-3-16(24)12-21(18)32-23/h2-5,10-12,14H,6-9,13H2,1H3,(H,28,29). The molecule has 0 aliphatic carbocycles. The summed E-state index contributed by atoms with van der Waals surface area (Å²) in [6.07, 6.45) is 3.15. The van der Waals surface area contributed by atoms with Crippen LogP contribution in [0.15, 0.2) is 47.1 Å². The van der Waals surface area contributed by atoms with Gasteiger partial charge in [-0.1, -0.05) is 29.0 Å². The maximum atomic E-state index is 13.4. The Balaban J connectivity index is 1.34. The molecule has 1 saturated heterocycles. The number of rotatable bonds is 7. The number of piperidine rings is 1. The Labute approximate surface area is 198 Å². The van der Waals surface area contributed by atoms with E-state index in [1.165, 1.54) is 0 Å². The number of halogens is 2. The molecule has 1 aliphatic heterocycles. The lowest BCUT2D eigenvalue weighted by molar-refractivity contribution is -0.134. The van der Waals surface area contributed by atoms with Crippen molar-refractivity contribution in [3.05, 3.63) is 52.8 Å². The van der Waals surface area contributed by atoms with Crippen molar-refractivity contribution >= 4 is 62.1 Å². The number of ether oxygens (including phenoxy) is 1. The van der Waals surface area contributed by atoms with Gasteiger partial charge in [-0.05, 0) is 60.7 Å². The van der Waals surface area contributed by atoms with Crippen LogP contribution in [0.5, 0.6) is 5.75 Å². The summed E-state index contributed by atoms with van der Waals surface area (Å²) in [5.74, 6) is -0.627. The average Bonchev–Trinajstić information content (AvgIpc) is 3.21. The Morgan fingerprint density at radius 1 is 1.34 bits per heavy atom. The first-order chi connectivity index (χ1) is 15.4. The van der Waals surface area contributed by atoms with Gasteiger partial charge in [-0.3, -0.25) is 0 Å². The zero-order chi connectivity index (χ0) is 22.7. The normalized spacial score (nSPS) is 15.3. The number of thioether (sulfide) groups is 1. The molecule has 168 valence electrons. The molecule has 32 heavy (non-hydrogen) atoms. The highest BCUT2D eigenvalue weighted by atomic mass is 35.5. The Bertz CT molecular complexity index is 1160. The summed E-state index contributed by atoms with van der Waals surface area (Å²) in [4.78, 5) is 18.7. The minimum Gasteiger partial charge on any atom is -0.496 e. The Morgan fingerprint density at radius 3 is 2.84 bits per heavy atom. The lowest BCUT2D eigenvalue weighted by Gasteiger charge is -2.31. The van der Waals surface area contributed by atoms with Gasteiger partial charge in [-0.2, -0.15) is 4.39 Å². The summed E-state index contributed by atoms with van der Waals surface area (Å²) in [7, 11) is 1.56. The van der Waals surface area contributed by atoms with Crippen molar-refractivity contribution in [1.29, 1.82) is 0 Å². The van der Waals surface area contributed by atoms with Gasteiger partial charge in [0, 0.05) is 28.8 Å². The molecule has 4 rings (SSSR count). The molecular formula is C23H22ClFN2O3S2. The number of thiazole rings is 1. The molecule has 1 fully saturated rings. The molecule has 9 heteroatoms. The van der Waals surface area contributed by atoms with Gasteiger partial charge in [0.1, 0.15) is 5.75 Å². The van der Waals surface area contributed by atoms with Crippen LogP contribution in [0.3, 0.4) is 0 Å². The van der Waals surface area contributed by atoms with Crippen LogP contribution in [-0.4, -0.2) is 42.0 Å². The van der Waals surface area contributed by atoms with Crippen LogP contribution >= 0.6 is 34.7 Å². The molecule has 0 amide bonds. The van der Waals surface area contributed by atoms with Crippen molar-refractivity contribution in [1.82, 2.24) is 4.98 Å². The number of benzene rings is 2. The fourth-order valence-corrected chi connectivity index (χ4v) is 6.11. The number of carboxylic acid groups (broad SMARTS) is 1. The molecule has 0 saturated carbocycles. The molecular weight excluding hydrogens is 471 g/mol. The largest absolute Gasteiger partial charge is 0.496 e. The van der Waals surface area contributed by atoms with Gasteiger partial charge in [-0.25, -0.2) is 9.78 Å². The van der Waals surface area contributed by atoms with E-state index >= 15 is 0 Å². The fourth-order valence-electron chi connectivity index (χ4n) is 3.62. The first-order valence-corrected chi connectivity index (χ1v) is 12.3. The van der Waals surface area contributed by atoms with Gasteiger partial charge in [-0.15, -0.1) is 11.8 Å².